The second-order valence-electron chi connectivity index (χ2n) is 5.56. The van der Waals surface area contributed by atoms with Gasteiger partial charge in [-0.2, -0.15) is 0 Å². The Balaban J connectivity index is 1.61. The number of carbonyl (C=O) groups excluding carboxylic acids is 2. The first kappa shape index (κ1) is 15.0. The SMILES string of the molecule is CC(=O)SC1CC(=O)N(CCc2ccc3ncccc3c2)C1. The summed E-state index contributed by atoms with van der Waals surface area (Å²) in [4.78, 5) is 29.3. The van der Waals surface area contributed by atoms with Gasteiger partial charge in [-0.3, -0.25) is 14.6 Å². The van der Waals surface area contributed by atoms with Gasteiger partial charge in [0.1, 0.15) is 0 Å². The van der Waals surface area contributed by atoms with Crippen LogP contribution in [-0.2, 0) is 16.0 Å². The van der Waals surface area contributed by atoms with Gasteiger partial charge >= 0.3 is 0 Å². The Morgan fingerprint density at radius 1 is 1.41 bits per heavy atom. The van der Waals surface area contributed by atoms with Crippen LogP contribution in [0.5, 0.6) is 0 Å². The van der Waals surface area contributed by atoms with Gasteiger partial charge in [0.15, 0.2) is 5.12 Å². The van der Waals surface area contributed by atoms with Gasteiger partial charge in [0.05, 0.1) is 5.52 Å². The highest BCUT2D eigenvalue weighted by molar-refractivity contribution is 8.14. The maximum atomic E-state index is 12.0. The molecule has 2 aromatic rings. The third kappa shape index (κ3) is 3.47. The minimum atomic E-state index is 0.0849. The predicted octanol–water partition coefficient (Wildman–Crippen LogP) is 2.66. The van der Waals surface area contributed by atoms with E-state index in [4.69, 9.17) is 0 Å². The number of hydrogen-bond acceptors (Lipinski definition) is 4. The number of aromatic nitrogens is 1. The van der Waals surface area contributed by atoms with E-state index < -0.39 is 0 Å². The highest BCUT2D eigenvalue weighted by atomic mass is 32.2. The second-order valence-corrected chi connectivity index (χ2v) is 7.03. The van der Waals surface area contributed by atoms with Crippen molar-refractivity contribution >= 4 is 33.7 Å². The number of pyridine rings is 1. The average molecular weight is 314 g/mol. The first-order chi connectivity index (χ1) is 10.6. The molecule has 1 aromatic carbocycles. The Morgan fingerprint density at radius 3 is 3.09 bits per heavy atom. The van der Waals surface area contributed by atoms with Crippen LogP contribution < -0.4 is 0 Å². The van der Waals surface area contributed by atoms with E-state index in [2.05, 4.69) is 17.1 Å². The van der Waals surface area contributed by atoms with Gasteiger partial charge in [-0.15, -0.1) is 0 Å². The molecule has 0 spiro atoms. The zero-order valence-electron chi connectivity index (χ0n) is 12.5. The van der Waals surface area contributed by atoms with Crippen LogP contribution in [0.4, 0.5) is 0 Å². The van der Waals surface area contributed by atoms with E-state index in [1.54, 1.807) is 13.1 Å². The summed E-state index contributed by atoms with van der Waals surface area (Å²) in [7, 11) is 0. The number of nitrogens with zero attached hydrogens (tertiary/aromatic N) is 2. The molecule has 1 saturated heterocycles. The number of fused-ring (bicyclic) bond motifs is 1. The molecule has 5 heteroatoms. The van der Waals surface area contributed by atoms with E-state index in [1.807, 2.05) is 23.1 Å². The van der Waals surface area contributed by atoms with E-state index in [1.165, 1.54) is 17.3 Å². The van der Waals surface area contributed by atoms with Crippen LogP contribution in [0.1, 0.15) is 18.9 Å². The molecule has 1 aromatic heterocycles. The third-order valence-corrected chi connectivity index (χ3v) is 4.83. The number of hydrogen-bond donors (Lipinski definition) is 0. The fourth-order valence-corrected chi connectivity index (χ4v) is 3.76. The molecule has 114 valence electrons. The molecular weight excluding hydrogens is 296 g/mol. The number of carbonyl (C=O) groups is 2. The molecule has 1 aliphatic rings. The molecule has 0 aliphatic carbocycles. The van der Waals surface area contributed by atoms with Crippen molar-refractivity contribution in [2.45, 2.75) is 25.0 Å². The maximum absolute atomic E-state index is 12.0. The van der Waals surface area contributed by atoms with Gasteiger partial charge in [-0.05, 0) is 30.2 Å². The number of benzene rings is 1. The van der Waals surface area contributed by atoms with Crippen molar-refractivity contribution in [2.24, 2.45) is 0 Å². The van der Waals surface area contributed by atoms with E-state index in [0.29, 0.717) is 19.5 Å². The molecule has 3 rings (SSSR count). The summed E-state index contributed by atoms with van der Waals surface area (Å²) in [6.07, 6.45) is 3.09. The van der Waals surface area contributed by atoms with Crippen LogP contribution in [0.3, 0.4) is 0 Å². The molecular formula is C17H18N2O2S. The Morgan fingerprint density at radius 2 is 2.27 bits per heavy atom. The molecule has 1 fully saturated rings. The lowest BCUT2D eigenvalue weighted by Crippen LogP contribution is -2.27. The lowest BCUT2D eigenvalue weighted by Gasteiger charge is -2.16. The zero-order valence-corrected chi connectivity index (χ0v) is 13.3. The van der Waals surface area contributed by atoms with Crippen molar-refractivity contribution in [2.75, 3.05) is 13.1 Å². The number of rotatable bonds is 4. The molecule has 4 nitrogen and oxygen atoms in total. The standard InChI is InChI=1S/C17H18N2O2S/c1-12(20)22-15-10-17(21)19(11-15)8-6-13-4-5-16-14(9-13)3-2-7-18-16/h2-5,7,9,15H,6,8,10-11H2,1H3. The average Bonchev–Trinajstić information content (AvgIpc) is 2.84. The smallest absolute Gasteiger partial charge is 0.223 e. The second kappa shape index (κ2) is 6.48. The summed E-state index contributed by atoms with van der Waals surface area (Å²) in [6.45, 7) is 2.94. The van der Waals surface area contributed by atoms with E-state index in [9.17, 15) is 9.59 Å². The van der Waals surface area contributed by atoms with Gasteiger partial charge in [-0.25, -0.2) is 0 Å². The minimum Gasteiger partial charge on any atom is -0.341 e. The van der Waals surface area contributed by atoms with E-state index >= 15 is 0 Å². The molecule has 22 heavy (non-hydrogen) atoms. The molecule has 0 radical (unpaired) electrons. The van der Waals surface area contributed by atoms with Gasteiger partial charge in [-0.1, -0.05) is 23.9 Å². The largest absolute Gasteiger partial charge is 0.341 e. The monoisotopic (exact) mass is 314 g/mol. The Hall–Kier alpha value is -1.88. The Bertz CT molecular complexity index is 717. The molecule has 2 heterocycles. The van der Waals surface area contributed by atoms with Crippen molar-refractivity contribution in [3.05, 3.63) is 42.1 Å². The molecule has 1 atom stereocenters. The summed E-state index contributed by atoms with van der Waals surface area (Å²) in [5, 5.41) is 1.32. The van der Waals surface area contributed by atoms with E-state index in [0.717, 1.165) is 17.3 Å². The third-order valence-electron chi connectivity index (χ3n) is 3.85. The first-order valence-electron chi connectivity index (χ1n) is 7.40. The maximum Gasteiger partial charge on any atom is 0.223 e. The van der Waals surface area contributed by atoms with Gasteiger partial charge in [0, 0.05) is 43.3 Å². The summed E-state index contributed by atoms with van der Waals surface area (Å²) >= 11 is 1.28. The van der Waals surface area contributed by atoms with Crippen LogP contribution in [0.2, 0.25) is 0 Å². The van der Waals surface area contributed by atoms with Crippen LogP contribution in [-0.4, -0.2) is 39.2 Å². The van der Waals surface area contributed by atoms with Crippen LogP contribution >= 0.6 is 11.8 Å². The zero-order chi connectivity index (χ0) is 15.5. The lowest BCUT2D eigenvalue weighted by atomic mass is 10.1. The summed E-state index contributed by atoms with van der Waals surface area (Å²) in [5.74, 6) is 0.154. The van der Waals surface area contributed by atoms with Crippen molar-refractivity contribution in [3.8, 4) is 0 Å². The fourth-order valence-electron chi connectivity index (χ4n) is 2.81. The van der Waals surface area contributed by atoms with Crippen LogP contribution in [0, 0.1) is 0 Å². The molecule has 1 amide bonds. The molecule has 0 bridgehead atoms. The number of likely N-dealkylation sites (tertiary alicyclic amines) is 1. The lowest BCUT2D eigenvalue weighted by molar-refractivity contribution is -0.127. The van der Waals surface area contributed by atoms with Gasteiger partial charge in [0.2, 0.25) is 5.91 Å². The Labute approximate surface area is 133 Å². The quantitative estimate of drug-likeness (QED) is 0.870. The Kier molecular flexibility index (Phi) is 4.43. The summed E-state index contributed by atoms with van der Waals surface area (Å²) in [5.41, 5.74) is 2.19. The minimum absolute atomic E-state index is 0.0849. The normalized spacial score (nSPS) is 18.1. The number of amides is 1. The molecule has 0 saturated carbocycles. The van der Waals surface area contributed by atoms with Crippen molar-refractivity contribution in [3.63, 3.8) is 0 Å². The molecule has 1 unspecified atom stereocenters. The van der Waals surface area contributed by atoms with Crippen LogP contribution in [0.15, 0.2) is 36.5 Å². The van der Waals surface area contributed by atoms with Crippen molar-refractivity contribution in [1.82, 2.24) is 9.88 Å². The van der Waals surface area contributed by atoms with Crippen molar-refractivity contribution in [1.29, 1.82) is 0 Å². The summed E-state index contributed by atoms with van der Waals surface area (Å²) in [6, 6.07) is 10.2. The predicted molar refractivity (Wildman–Crippen MR) is 88.7 cm³/mol. The first-order valence-corrected chi connectivity index (χ1v) is 8.28. The van der Waals surface area contributed by atoms with Crippen LogP contribution in [0.25, 0.3) is 10.9 Å². The molecule has 1 aliphatic heterocycles. The molecule has 0 N–H and O–H groups in total. The summed E-state index contributed by atoms with van der Waals surface area (Å²) < 4.78 is 0. The topological polar surface area (TPSA) is 50.3 Å². The van der Waals surface area contributed by atoms with E-state index in [-0.39, 0.29) is 16.3 Å². The van der Waals surface area contributed by atoms with Crippen molar-refractivity contribution < 1.29 is 9.59 Å². The van der Waals surface area contributed by atoms with Gasteiger partial charge in [0.25, 0.3) is 0 Å². The highest BCUT2D eigenvalue weighted by Gasteiger charge is 2.30. The highest BCUT2D eigenvalue weighted by Crippen LogP contribution is 2.24. The fraction of sp³-hybridized carbons (Fsp3) is 0.353. The number of thioether (sulfide) groups is 1. The van der Waals surface area contributed by atoms with Gasteiger partial charge < -0.3 is 4.90 Å².